The molecule has 0 saturated carbocycles. The van der Waals surface area contributed by atoms with Crippen LogP contribution in [0.1, 0.15) is 43.1 Å². The molecular formula is C11H16N4O3. The van der Waals surface area contributed by atoms with Gasteiger partial charge in [-0.2, -0.15) is 15.4 Å². The van der Waals surface area contributed by atoms with E-state index in [1.807, 2.05) is 6.92 Å². The number of amides is 1. The van der Waals surface area contributed by atoms with Crippen LogP contribution in [-0.4, -0.2) is 49.4 Å². The molecule has 0 aliphatic carbocycles. The summed E-state index contributed by atoms with van der Waals surface area (Å²) in [6.45, 7) is 2.37. The number of aromatic nitrogens is 3. The Kier molecular flexibility index (Phi) is 3.31. The summed E-state index contributed by atoms with van der Waals surface area (Å²) in [5.74, 6) is -1.30. The van der Waals surface area contributed by atoms with E-state index in [2.05, 4.69) is 15.4 Å². The third kappa shape index (κ3) is 1.85. The van der Waals surface area contributed by atoms with Gasteiger partial charge in [-0.05, 0) is 19.3 Å². The lowest BCUT2D eigenvalue weighted by atomic mass is 9.90. The number of aromatic amines is 1. The minimum absolute atomic E-state index is 0.165. The number of hydrogen-bond donors (Lipinski definition) is 2. The monoisotopic (exact) mass is 252 g/mol. The number of carboxylic acids is 1. The summed E-state index contributed by atoms with van der Waals surface area (Å²) in [6, 6.07) is 0. The molecule has 1 fully saturated rings. The van der Waals surface area contributed by atoms with E-state index in [0.717, 1.165) is 6.42 Å². The highest BCUT2D eigenvalue weighted by Gasteiger charge is 2.49. The molecule has 1 atom stereocenters. The quantitative estimate of drug-likeness (QED) is 0.820. The minimum atomic E-state index is -1.08. The molecule has 1 aromatic rings. The summed E-state index contributed by atoms with van der Waals surface area (Å²) in [5, 5.41) is 19.1. The zero-order valence-corrected chi connectivity index (χ0v) is 10.2. The molecule has 0 bridgehead atoms. The van der Waals surface area contributed by atoms with Gasteiger partial charge in [-0.25, -0.2) is 4.79 Å². The van der Waals surface area contributed by atoms with Crippen molar-refractivity contribution in [2.45, 2.75) is 38.1 Å². The molecule has 1 amide bonds. The molecule has 18 heavy (non-hydrogen) atoms. The first-order chi connectivity index (χ1) is 8.62. The Hall–Kier alpha value is -1.92. The number of carbonyl (C=O) groups is 2. The van der Waals surface area contributed by atoms with Gasteiger partial charge < -0.3 is 10.0 Å². The fraction of sp³-hybridized carbons (Fsp3) is 0.636. The predicted octanol–water partition coefficient (Wildman–Crippen LogP) is 0.664. The molecule has 1 saturated heterocycles. The molecule has 0 radical (unpaired) electrons. The molecule has 2 rings (SSSR count). The van der Waals surface area contributed by atoms with E-state index in [4.69, 9.17) is 0 Å². The van der Waals surface area contributed by atoms with Crippen LogP contribution >= 0.6 is 0 Å². The van der Waals surface area contributed by atoms with E-state index in [0.29, 0.717) is 25.8 Å². The van der Waals surface area contributed by atoms with Crippen LogP contribution in [-0.2, 0) is 4.79 Å². The normalized spacial score (nSPS) is 23.3. The second kappa shape index (κ2) is 4.75. The molecule has 7 heteroatoms. The van der Waals surface area contributed by atoms with E-state index in [1.165, 1.54) is 11.1 Å². The van der Waals surface area contributed by atoms with Crippen LogP contribution in [0.5, 0.6) is 0 Å². The van der Waals surface area contributed by atoms with Gasteiger partial charge in [-0.15, -0.1) is 0 Å². The number of carboxylic acid groups (broad SMARTS) is 1. The number of nitrogens with zero attached hydrogens (tertiary/aromatic N) is 3. The van der Waals surface area contributed by atoms with Gasteiger partial charge in [-0.1, -0.05) is 13.3 Å². The van der Waals surface area contributed by atoms with Crippen molar-refractivity contribution in [2.24, 2.45) is 0 Å². The van der Waals surface area contributed by atoms with Crippen LogP contribution in [0, 0.1) is 0 Å². The zero-order valence-electron chi connectivity index (χ0n) is 10.2. The maximum absolute atomic E-state index is 12.2. The zero-order chi connectivity index (χ0) is 13.2. The first kappa shape index (κ1) is 12.5. The molecule has 1 aliphatic rings. The molecule has 1 aliphatic heterocycles. The molecule has 1 unspecified atom stereocenters. The lowest BCUT2D eigenvalue weighted by Gasteiger charge is -2.34. The van der Waals surface area contributed by atoms with E-state index < -0.39 is 11.5 Å². The highest BCUT2D eigenvalue weighted by molar-refractivity contribution is 5.96. The van der Waals surface area contributed by atoms with Gasteiger partial charge in [0.05, 0.1) is 6.20 Å². The lowest BCUT2D eigenvalue weighted by Crippen LogP contribution is -2.53. The van der Waals surface area contributed by atoms with Crippen molar-refractivity contribution in [1.82, 2.24) is 20.3 Å². The summed E-state index contributed by atoms with van der Waals surface area (Å²) < 4.78 is 0. The summed E-state index contributed by atoms with van der Waals surface area (Å²) in [7, 11) is 0. The van der Waals surface area contributed by atoms with Crippen LogP contribution in [0.2, 0.25) is 0 Å². The average Bonchev–Trinajstić information content (AvgIpc) is 2.98. The summed E-state index contributed by atoms with van der Waals surface area (Å²) in [5.41, 5.74) is -0.913. The Morgan fingerprint density at radius 3 is 2.94 bits per heavy atom. The van der Waals surface area contributed by atoms with Crippen molar-refractivity contribution >= 4 is 11.9 Å². The molecule has 2 heterocycles. The number of aliphatic carboxylic acids is 1. The summed E-state index contributed by atoms with van der Waals surface area (Å²) >= 11 is 0. The smallest absolute Gasteiger partial charge is 0.329 e. The van der Waals surface area contributed by atoms with Gasteiger partial charge in [-0.3, -0.25) is 4.79 Å². The number of H-pyrrole nitrogens is 1. The molecule has 0 spiro atoms. The second-order valence-corrected chi connectivity index (χ2v) is 4.50. The Bertz CT molecular complexity index is 445. The highest BCUT2D eigenvalue weighted by Crippen LogP contribution is 2.34. The number of nitrogens with one attached hydrogen (secondary N) is 1. The van der Waals surface area contributed by atoms with Crippen molar-refractivity contribution in [2.75, 3.05) is 6.54 Å². The molecule has 7 nitrogen and oxygen atoms in total. The third-order valence-electron chi connectivity index (χ3n) is 3.43. The Morgan fingerprint density at radius 2 is 2.39 bits per heavy atom. The molecule has 2 N–H and O–H groups in total. The van der Waals surface area contributed by atoms with Crippen LogP contribution in [0.25, 0.3) is 0 Å². The molecule has 1 aromatic heterocycles. The largest absolute Gasteiger partial charge is 0.479 e. The van der Waals surface area contributed by atoms with Gasteiger partial charge in [0.25, 0.3) is 5.91 Å². The van der Waals surface area contributed by atoms with Crippen LogP contribution in [0.3, 0.4) is 0 Å². The summed E-state index contributed by atoms with van der Waals surface area (Å²) in [6.07, 6.45) is 3.70. The van der Waals surface area contributed by atoms with Crippen molar-refractivity contribution in [3.63, 3.8) is 0 Å². The molecule has 98 valence electrons. The van der Waals surface area contributed by atoms with Crippen LogP contribution in [0.4, 0.5) is 0 Å². The number of rotatable bonds is 4. The predicted molar refractivity (Wildman–Crippen MR) is 61.9 cm³/mol. The topological polar surface area (TPSA) is 99.2 Å². The maximum Gasteiger partial charge on any atom is 0.329 e. The molecular weight excluding hydrogens is 236 g/mol. The fourth-order valence-corrected chi connectivity index (χ4v) is 2.62. The second-order valence-electron chi connectivity index (χ2n) is 4.50. The maximum atomic E-state index is 12.2. The first-order valence-corrected chi connectivity index (χ1v) is 6.03. The van der Waals surface area contributed by atoms with Crippen molar-refractivity contribution in [3.05, 3.63) is 11.9 Å². The molecule has 0 aromatic carbocycles. The van der Waals surface area contributed by atoms with E-state index in [1.54, 1.807) is 0 Å². The Morgan fingerprint density at radius 1 is 1.61 bits per heavy atom. The summed E-state index contributed by atoms with van der Waals surface area (Å²) in [4.78, 5) is 25.2. The number of hydrogen-bond acceptors (Lipinski definition) is 4. The van der Waals surface area contributed by atoms with Gasteiger partial charge in [0.2, 0.25) is 0 Å². The van der Waals surface area contributed by atoms with Gasteiger partial charge in [0, 0.05) is 6.54 Å². The van der Waals surface area contributed by atoms with Crippen molar-refractivity contribution in [3.8, 4) is 0 Å². The third-order valence-corrected chi connectivity index (χ3v) is 3.43. The Labute approximate surface area is 104 Å². The van der Waals surface area contributed by atoms with Gasteiger partial charge in [0.1, 0.15) is 5.54 Å². The number of carbonyl (C=O) groups excluding carboxylic acids is 1. The van der Waals surface area contributed by atoms with E-state index >= 15 is 0 Å². The van der Waals surface area contributed by atoms with E-state index in [-0.39, 0.29) is 11.6 Å². The fourth-order valence-electron chi connectivity index (χ4n) is 2.62. The first-order valence-electron chi connectivity index (χ1n) is 6.03. The van der Waals surface area contributed by atoms with Crippen molar-refractivity contribution in [1.29, 1.82) is 0 Å². The standard InChI is InChI=1S/C11H16N4O3/c1-2-4-11(10(17)18)5-3-6-15(11)9(16)8-7-12-14-13-8/h7H,2-6H2,1H3,(H,17,18)(H,12,13,14). The average molecular weight is 252 g/mol. The minimum Gasteiger partial charge on any atom is -0.479 e. The van der Waals surface area contributed by atoms with Gasteiger partial charge >= 0.3 is 5.97 Å². The number of likely N-dealkylation sites (tertiary alicyclic amines) is 1. The lowest BCUT2D eigenvalue weighted by molar-refractivity contribution is -0.148. The van der Waals surface area contributed by atoms with Gasteiger partial charge in [0.15, 0.2) is 5.69 Å². The van der Waals surface area contributed by atoms with Crippen LogP contribution < -0.4 is 0 Å². The van der Waals surface area contributed by atoms with E-state index in [9.17, 15) is 14.7 Å². The SMILES string of the molecule is CCCC1(C(=O)O)CCCN1C(=O)c1cn[nH]n1. The van der Waals surface area contributed by atoms with Crippen molar-refractivity contribution < 1.29 is 14.7 Å². The van der Waals surface area contributed by atoms with Crippen LogP contribution in [0.15, 0.2) is 6.20 Å². The highest BCUT2D eigenvalue weighted by atomic mass is 16.4. The Balaban J connectivity index is 2.30.